The summed E-state index contributed by atoms with van der Waals surface area (Å²) in [5, 5.41) is 3.95. The van der Waals surface area contributed by atoms with Crippen LogP contribution in [0.4, 0.5) is 0 Å². The van der Waals surface area contributed by atoms with Crippen molar-refractivity contribution >= 4 is 10.0 Å². The fourth-order valence-corrected chi connectivity index (χ4v) is 4.48. The predicted molar refractivity (Wildman–Crippen MR) is 95.6 cm³/mol. The van der Waals surface area contributed by atoms with Crippen LogP contribution in [0.1, 0.15) is 45.0 Å². The summed E-state index contributed by atoms with van der Waals surface area (Å²) >= 11 is 0. The second-order valence-corrected chi connectivity index (χ2v) is 8.61. The Morgan fingerprint density at radius 2 is 2.19 bits per heavy atom. The molecule has 0 amide bonds. The van der Waals surface area contributed by atoms with Gasteiger partial charge in [-0.05, 0) is 37.3 Å². The van der Waals surface area contributed by atoms with Crippen LogP contribution in [0.2, 0.25) is 0 Å². The van der Waals surface area contributed by atoms with Gasteiger partial charge in [0.15, 0.2) is 0 Å². The first kappa shape index (κ1) is 18.9. The lowest BCUT2D eigenvalue weighted by Crippen LogP contribution is -2.38. The number of pyridine rings is 1. The van der Waals surface area contributed by atoms with Crippen LogP contribution in [0, 0.1) is 5.92 Å². The Balaban J connectivity index is 1.74. The van der Waals surface area contributed by atoms with Crippen molar-refractivity contribution in [2.45, 2.75) is 45.3 Å². The van der Waals surface area contributed by atoms with Gasteiger partial charge in [-0.25, -0.2) is 13.1 Å². The van der Waals surface area contributed by atoms with Crippen molar-refractivity contribution in [2.75, 3.05) is 12.4 Å². The minimum Gasteiger partial charge on any atom is -0.377 e. The lowest BCUT2D eigenvalue weighted by Gasteiger charge is -2.24. The van der Waals surface area contributed by atoms with E-state index in [1.807, 2.05) is 19.9 Å². The van der Waals surface area contributed by atoms with Gasteiger partial charge in [0.25, 0.3) is 0 Å². The smallest absolute Gasteiger partial charge is 0.245 e. The van der Waals surface area contributed by atoms with Crippen LogP contribution in [0.15, 0.2) is 29.0 Å². The van der Waals surface area contributed by atoms with Gasteiger partial charge in [-0.15, -0.1) is 0 Å². The Kier molecular flexibility index (Phi) is 6.00. The normalized spacial score (nSPS) is 19.6. The van der Waals surface area contributed by atoms with Crippen molar-refractivity contribution in [3.05, 3.63) is 30.4 Å². The van der Waals surface area contributed by atoms with Gasteiger partial charge in [0.1, 0.15) is 6.04 Å². The molecule has 1 saturated heterocycles. The minimum absolute atomic E-state index is 0.0557. The number of sulfonamides is 1. The number of hydrogen-bond acceptors (Lipinski definition) is 7. The number of ether oxygens (including phenoxy) is 1. The summed E-state index contributed by atoms with van der Waals surface area (Å²) in [6.07, 6.45) is 5.76. The van der Waals surface area contributed by atoms with Crippen molar-refractivity contribution in [3.8, 4) is 11.4 Å². The van der Waals surface area contributed by atoms with Crippen LogP contribution in [0.3, 0.4) is 0 Å². The molecule has 2 aromatic rings. The van der Waals surface area contributed by atoms with Gasteiger partial charge in [-0.3, -0.25) is 4.98 Å². The third-order valence-electron chi connectivity index (χ3n) is 4.28. The monoisotopic (exact) mass is 380 g/mol. The van der Waals surface area contributed by atoms with Crippen molar-refractivity contribution in [1.82, 2.24) is 19.8 Å². The molecular formula is C17H24N4O4S. The molecule has 142 valence electrons. The summed E-state index contributed by atoms with van der Waals surface area (Å²) in [4.78, 5) is 8.38. The molecule has 0 aromatic carbocycles. The molecule has 0 bridgehead atoms. The molecule has 0 saturated carbocycles. The summed E-state index contributed by atoms with van der Waals surface area (Å²) in [7, 11) is -3.54. The Morgan fingerprint density at radius 1 is 1.35 bits per heavy atom. The molecule has 1 aliphatic heterocycles. The number of nitrogens with zero attached hydrogens (tertiary/aromatic N) is 3. The van der Waals surface area contributed by atoms with E-state index in [-0.39, 0.29) is 23.7 Å². The second-order valence-electron chi connectivity index (χ2n) is 6.81. The SMILES string of the molecule is CC(C)C(NS(=O)(=O)CC1CCCCO1)c1nc(-c2cccnc2)no1. The molecule has 2 unspecified atom stereocenters. The molecule has 1 aliphatic rings. The van der Waals surface area contributed by atoms with Gasteiger partial charge < -0.3 is 9.26 Å². The fraction of sp³-hybridized carbons (Fsp3) is 0.588. The maximum atomic E-state index is 12.6. The van der Waals surface area contributed by atoms with E-state index in [0.717, 1.165) is 19.3 Å². The van der Waals surface area contributed by atoms with Crippen LogP contribution in [0.25, 0.3) is 11.4 Å². The summed E-state index contributed by atoms with van der Waals surface area (Å²) in [5.41, 5.74) is 0.712. The molecular weight excluding hydrogens is 356 g/mol. The Labute approximate surface area is 153 Å². The molecule has 3 rings (SSSR count). The molecule has 8 nitrogen and oxygen atoms in total. The number of aromatic nitrogens is 3. The quantitative estimate of drug-likeness (QED) is 0.785. The van der Waals surface area contributed by atoms with Gasteiger partial charge >= 0.3 is 0 Å². The van der Waals surface area contributed by atoms with Crippen LogP contribution in [0.5, 0.6) is 0 Å². The van der Waals surface area contributed by atoms with Crippen molar-refractivity contribution in [1.29, 1.82) is 0 Å². The highest BCUT2D eigenvalue weighted by Gasteiger charge is 2.30. The van der Waals surface area contributed by atoms with E-state index >= 15 is 0 Å². The van der Waals surface area contributed by atoms with E-state index < -0.39 is 16.1 Å². The molecule has 0 radical (unpaired) electrons. The van der Waals surface area contributed by atoms with Crippen molar-refractivity contribution in [2.24, 2.45) is 5.92 Å². The Bertz CT molecular complexity index is 801. The first-order valence-corrected chi connectivity index (χ1v) is 10.5. The largest absolute Gasteiger partial charge is 0.377 e. The average molecular weight is 380 g/mol. The summed E-state index contributed by atoms with van der Waals surface area (Å²) in [5.74, 6) is 0.514. The third-order valence-corrected chi connectivity index (χ3v) is 5.70. The van der Waals surface area contributed by atoms with Gasteiger partial charge in [0.2, 0.25) is 21.7 Å². The zero-order valence-corrected chi connectivity index (χ0v) is 15.8. The molecule has 2 aromatic heterocycles. The van der Waals surface area contributed by atoms with E-state index in [9.17, 15) is 8.42 Å². The predicted octanol–water partition coefficient (Wildman–Crippen LogP) is 2.32. The van der Waals surface area contributed by atoms with E-state index in [2.05, 4.69) is 19.8 Å². The zero-order chi connectivity index (χ0) is 18.6. The summed E-state index contributed by atoms with van der Waals surface area (Å²) in [6, 6.07) is 3.00. The van der Waals surface area contributed by atoms with E-state index in [4.69, 9.17) is 9.26 Å². The number of rotatable bonds is 7. The van der Waals surface area contributed by atoms with Gasteiger partial charge in [0.05, 0.1) is 11.9 Å². The molecule has 2 atom stereocenters. The number of hydrogen-bond donors (Lipinski definition) is 1. The van der Waals surface area contributed by atoms with Crippen LogP contribution in [-0.4, -0.2) is 42.0 Å². The Hall–Kier alpha value is -1.84. The highest BCUT2D eigenvalue weighted by molar-refractivity contribution is 7.89. The summed E-state index contributed by atoms with van der Waals surface area (Å²) < 4.78 is 38.7. The lowest BCUT2D eigenvalue weighted by molar-refractivity contribution is 0.0303. The maximum Gasteiger partial charge on any atom is 0.245 e. The topological polar surface area (TPSA) is 107 Å². The van der Waals surface area contributed by atoms with Crippen molar-refractivity contribution < 1.29 is 17.7 Å². The van der Waals surface area contributed by atoms with E-state index in [0.29, 0.717) is 18.0 Å². The lowest BCUT2D eigenvalue weighted by atomic mass is 10.1. The number of nitrogens with one attached hydrogen (secondary N) is 1. The van der Waals surface area contributed by atoms with Crippen LogP contribution in [-0.2, 0) is 14.8 Å². The summed E-state index contributed by atoms with van der Waals surface area (Å²) in [6.45, 7) is 4.42. The van der Waals surface area contributed by atoms with Crippen LogP contribution < -0.4 is 4.72 Å². The van der Waals surface area contributed by atoms with Gasteiger partial charge in [-0.2, -0.15) is 4.98 Å². The fourth-order valence-electron chi connectivity index (χ4n) is 2.87. The van der Waals surface area contributed by atoms with Crippen molar-refractivity contribution in [3.63, 3.8) is 0 Å². The highest BCUT2D eigenvalue weighted by atomic mass is 32.2. The molecule has 0 spiro atoms. The minimum atomic E-state index is -3.54. The molecule has 9 heteroatoms. The standard InChI is InChI=1S/C17H24N4O4S/c1-12(2)15(21-26(22,23)11-14-7-3-4-9-24-14)17-19-16(20-25-17)13-6-5-8-18-10-13/h5-6,8,10,12,14-15,21H,3-4,7,9,11H2,1-2H3. The maximum absolute atomic E-state index is 12.6. The molecule has 1 N–H and O–H groups in total. The highest BCUT2D eigenvalue weighted by Crippen LogP contribution is 2.24. The average Bonchev–Trinajstić information content (AvgIpc) is 3.10. The van der Waals surface area contributed by atoms with E-state index in [1.165, 1.54) is 0 Å². The van der Waals surface area contributed by atoms with Gasteiger partial charge in [0, 0.05) is 24.6 Å². The van der Waals surface area contributed by atoms with Gasteiger partial charge in [-0.1, -0.05) is 19.0 Å². The Morgan fingerprint density at radius 3 is 2.85 bits per heavy atom. The first-order valence-electron chi connectivity index (χ1n) is 8.80. The zero-order valence-electron chi connectivity index (χ0n) is 15.0. The molecule has 3 heterocycles. The molecule has 26 heavy (non-hydrogen) atoms. The third kappa shape index (κ3) is 4.87. The van der Waals surface area contributed by atoms with Crippen LogP contribution >= 0.6 is 0 Å². The molecule has 1 fully saturated rings. The van der Waals surface area contributed by atoms with E-state index in [1.54, 1.807) is 18.5 Å². The second kappa shape index (κ2) is 8.24. The molecule has 0 aliphatic carbocycles. The first-order chi connectivity index (χ1) is 12.4.